The fraction of sp³-hybridized carbons (Fsp3) is 0.350. The standard InChI is InChI=1S/C20H22Cl2N2O4S/c1-13-5-8-18(28-2)19(10-13)29(26,27)24-9-3-4-14(12-24)20(25)23-17-7-6-15(21)11-16(17)22/h5-8,10-11,14H,3-4,9,12H2,1-2H3,(H,23,25)/t14-/m1/s1. The number of sulfonamides is 1. The molecule has 3 rings (SSSR count). The van der Waals surface area contributed by atoms with E-state index in [9.17, 15) is 13.2 Å². The summed E-state index contributed by atoms with van der Waals surface area (Å²) in [4.78, 5) is 12.9. The Hall–Kier alpha value is -1.80. The van der Waals surface area contributed by atoms with Crippen LogP contribution < -0.4 is 10.1 Å². The molecule has 9 heteroatoms. The van der Waals surface area contributed by atoms with Crippen molar-refractivity contribution < 1.29 is 17.9 Å². The normalized spacial score (nSPS) is 17.7. The van der Waals surface area contributed by atoms with Crippen molar-refractivity contribution in [2.75, 3.05) is 25.5 Å². The number of rotatable bonds is 5. The van der Waals surface area contributed by atoms with Crippen LogP contribution in [0.25, 0.3) is 0 Å². The predicted molar refractivity (Wildman–Crippen MR) is 114 cm³/mol. The summed E-state index contributed by atoms with van der Waals surface area (Å²) in [6, 6.07) is 9.81. The number of carbonyl (C=O) groups excluding carboxylic acids is 1. The molecule has 0 unspecified atom stereocenters. The molecule has 0 aliphatic carbocycles. The number of nitrogens with one attached hydrogen (secondary N) is 1. The molecule has 29 heavy (non-hydrogen) atoms. The molecule has 1 aliphatic rings. The second-order valence-electron chi connectivity index (χ2n) is 6.97. The van der Waals surface area contributed by atoms with Gasteiger partial charge in [-0.1, -0.05) is 29.3 Å². The van der Waals surface area contributed by atoms with E-state index in [0.717, 1.165) is 5.56 Å². The number of anilines is 1. The molecule has 6 nitrogen and oxygen atoms in total. The van der Waals surface area contributed by atoms with E-state index in [4.69, 9.17) is 27.9 Å². The molecule has 0 spiro atoms. The molecular weight excluding hydrogens is 435 g/mol. The van der Waals surface area contributed by atoms with Crippen LogP contribution in [0.4, 0.5) is 5.69 Å². The lowest BCUT2D eigenvalue weighted by Crippen LogP contribution is -2.43. The van der Waals surface area contributed by atoms with Crippen molar-refractivity contribution in [3.05, 3.63) is 52.0 Å². The number of hydrogen-bond acceptors (Lipinski definition) is 4. The summed E-state index contributed by atoms with van der Waals surface area (Å²) < 4.78 is 33.0. The number of ether oxygens (including phenoxy) is 1. The first-order valence-corrected chi connectivity index (χ1v) is 11.3. The second kappa shape index (κ2) is 8.92. The zero-order valence-electron chi connectivity index (χ0n) is 16.1. The van der Waals surface area contributed by atoms with Crippen LogP contribution >= 0.6 is 23.2 Å². The maximum atomic E-state index is 13.2. The monoisotopic (exact) mass is 456 g/mol. The Labute approximate surface area is 180 Å². The van der Waals surface area contributed by atoms with Gasteiger partial charge in [0.05, 0.1) is 23.7 Å². The highest BCUT2D eigenvalue weighted by atomic mass is 35.5. The molecule has 156 valence electrons. The van der Waals surface area contributed by atoms with Crippen molar-refractivity contribution in [1.82, 2.24) is 4.31 Å². The second-order valence-corrected chi connectivity index (χ2v) is 9.72. The quantitative estimate of drug-likeness (QED) is 0.725. The van der Waals surface area contributed by atoms with Crippen LogP contribution in [0.1, 0.15) is 18.4 Å². The topological polar surface area (TPSA) is 75.7 Å². The van der Waals surface area contributed by atoms with Gasteiger partial charge in [0.15, 0.2) is 0 Å². The number of halogens is 2. The molecule has 1 fully saturated rings. The van der Waals surface area contributed by atoms with Gasteiger partial charge in [-0.3, -0.25) is 4.79 Å². The highest BCUT2D eigenvalue weighted by Crippen LogP contribution is 2.31. The van der Waals surface area contributed by atoms with E-state index in [2.05, 4.69) is 5.32 Å². The van der Waals surface area contributed by atoms with Crippen LogP contribution in [0.15, 0.2) is 41.3 Å². The van der Waals surface area contributed by atoms with Gasteiger partial charge in [0, 0.05) is 18.1 Å². The number of methoxy groups -OCH3 is 1. The SMILES string of the molecule is COc1ccc(C)cc1S(=O)(=O)N1CCC[C@@H](C(=O)Nc2ccc(Cl)cc2Cl)C1. The van der Waals surface area contributed by atoms with Crippen molar-refractivity contribution in [3.63, 3.8) is 0 Å². The van der Waals surface area contributed by atoms with Crippen molar-refractivity contribution in [2.24, 2.45) is 5.92 Å². The molecule has 2 aromatic carbocycles. The Morgan fingerprint density at radius 3 is 2.66 bits per heavy atom. The summed E-state index contributed by atoms with van der Waals surface area (Å²) in [5, 5.41) is 3.57. The molecule has 1 aliphatic heterocycles. The first-order valence-electron chi connectivity index (χ1n) is 9.13. The van der Waals surface area contributed by atoms with Crippen LogP contribution in [-0.4, -0.2) is 38.8 Å². The fourth-order valence-corrected chi connectivity index (χ4v) is 5.54. The van der Waals surface area contributed by atoms with Gasteiger partial charge in [0.25, 0.3) is 0 Å². The molecule has 0 saturated carbocycles. The molecule has 0 bridgehead atoms. The Bertz CT molecular complexity index is 1030. The van der Waals surface area contributed by atoms with Crippen LogP contribution in [0.3, 0.4) is 0 Å². The van der Waals surface area contributed by atoms with Crippen LogP contribution in [0.5, 0.6) is 5.75 Å². The summed E-state index contributed by atoms with van der Waals surface area (Å²) in [6.45, 7) is 2.27. The Morgan fingerprint density at radius 1 is 1.21 bits per heavy atom. The molecule has 1 heterocycles. The number of amides is 1. The smallest absolute Gasteiger partial charge is 0.246 e. The summed E-state index contributed by atoms with van der Waals surface area (Å²) in [5.74, 6) is -0.471. The van der Waals surface area contributed by atoms with E-state index < -0.39 is 15.9 Å². The summed E-state index contributed by atoms with van der Waals surface area (Å²) >= 11 is 12.0. The van der Waals surface area contributed by atoms with Gasteiger partial charge in [-0.15, -0.1) is 0 Å². The van der Waals surface area contributed by atoms with Crippen LogP contribution in [0, 0.1) is 12.8 Å². The molecule has 1 amide bonds. The maximum absolute atomic E-state index is 13.2. The van der Waals surface area contributed by atoms with E-state index in [0.29, 0.717) is 35.1 Å². The van der Waals surface area contributed by atoms with Gasteiger partial charge in [0.1, 0.15) is 10.6 Å². The van der Waals surface area contributed by atoms with E-state index >= 15 is 0 Å². The molecule has 2 aromatic rings. The molecule has 0 aromatic heterocycles. The largest absolute Gasteiger partial charge is 0.495 e. The first kappa shape index (κ1) is 21.9. The lowest BCUT2D eigenvalue weighted by Gasteiger charge is -2.31. The van der Waals surface area contributed by atoms with Crippen molar-refractivity contribution >= 4 is 44.8 Å². The summed E-state index contributed by atoms with van der Waals surface area (Å²) in [7, 11) is -2.36. The van der Waals surface area contributed by atoms with Gasteiger partial charge in [-0.05, 0) is 55.7 Å². The fourth-order valence-electron chi connectivity index (χ4n) is 3.32. The van der Waals surface area contributed by atoms with E-state index in [1.165, 1.54) is 11.4 Å². The average molecular weight is 457 g/mol. The number of nitrogens with zero attached hydrogens (tertiary/aromatic N) is 1. The van der Waals surface area contributed by atoms with Gasteiger partial charge in [-0.2, -0.15) is 4.31 Å². The van der Waals surface area contributed by atoms with Crippen molar-refractivity contribution in [3.8, 4) is 5.75 Å². The third kappa shape index (κ3) is 4.86. The van der Waals surface area contributed by atoms with Crippen molar-refractivity contribution in [2.45, 2.75) is 24.7 Å². The summed E-state index contributed by atoms with van der Waals surface area (Å²) in [5.41, 5.74) is 1.26. The molecular formula is C20H22Cl2N2O4S. The highest BCUT2D eigenvalue weighted by Gasteiger charge is 2.35. The molecule has 1 saturated heterocycles. The first-order chi connectivity index (χ1) is 13.7. The molecule has 0 radical (unpaired) electrons. The number of benzene rings is 2. The van der Waals surface area contributed by atoms with Gasteiger partial charge in [-0.25, -0.2) is 8.42 Å². The van der Waals surface area contributed by atoms with E-state index in [-0.39, 0.29) is 23.1 Å². The van der Waals surface area contributed by atoms with Gasteiger partial charge >= 0.3 is 0 Å². The van der Waals surface area contributed by atoms with E-state index in [1.54, 1.807) is 36.4 Å². The minimum Gasteiger partial charge on any atom is -0.495 e. The Morgan fingerprint density at radius 2 is 1.97 bits per heavy atom. The number of aryl methyl sites for hydroxylation is 1. The Balaban J connectivity index is 1.79. The lowest BCUT2D eigenvalue weighted by molar-refractivity contribution is -0.120. The number of hydrogen-bond donors (Lipinski definition) is 1. The lowest BCUT2D eigenvalue weighted by atomic mass is 9.99. The van der Waals surface area contributed by atoms with Crippen LogP contribution in [-0.2, 0) is 14.8 Å². The minimum absolute atomic E-state index is 0.0937. The highest BCUT2D eigenvalue weighted by molar-refractivity contribution is 7.89. The number of piperidine rings is 1. The summed E-state index contributed by atoms with van der Waals surface area (Å²) in [6.07, 6.45) is 1.17. The van der Waals surface area contributed by atoms with Gasteiger partial charge in [0.2, 0.25) is 15.9 Å². The average Bonchev–Trinajstić information content (AvgIpc) is 2.70. The third-order valence-corrected chi connectivity index (χ3v) is 7.32. The third-order valence-electron chi connectivity index (χ3n) is 4.88. The molecule has 1 atom stereocenters. The van der Waals surface area contributed by atoms with Crippen molar-refractivity contribution in [1.29, 1.82) is 0 Å². The maximum Gasteiger partial charge on any atom is 0.246 e. The molecule has 1 N–H and O–H groups in total. The zero-order valence-corrected chi connectivity index (χ0v) is 18.4. The minimum atomic E-state index is -3.80. The zero-order chi connectivity index (χ0) is 21.2. The van der Waals surface area contributed by atoms with Crippen LogP contribution in [0.2, 0.25) is 10.0 Å². The number of carbonyl (C=O) groups is 1. The van der Waals surface area contributed by atoms with Gasteiger partial charge < -0.3 is 10.1 Å². The van der Waals surface area contributed by atoms with E-state index in [1.807, 2.05) is 6.92 Å². The predicted octanol–water partition coefficient (Wildman–Crippen LogP) is 4.35. The Kier molecular flexibility index (Phi) is 6.73.